The Kier molecular flexibility index (Phi) is 6.34. The van der Waals surface area contributed by atoms with E-state index in [1.165, 1.54) is 12.0 Å². The molecular formula is C34H28N2O6. The Balaban J connectivity index is 1.14. The van der Waals surface area contributed by atoms with Crippen molar-refractivity contribution >= 4 is 40.2 Å². The number of esters is 1. The quantitative estimate of drug-likeness (QED) is 0.167. The average molecular weight is 561 g/mol. The van der Waals surface area contributed by atoms with Crippen LogP contribution in [0.25, 0.3) is 22.2 Å². The van der Waals surface area contributed by atoms with E-state index in [0.717, 1.165) is 19.3 Å². The summed E-state index contributed by atoms with van der Waals surface area (Å²) in [5.74, 6) is -0.319. The van der Waals surface area contributed by atoms with Gasteiger partial charge in [0, 0.05) is 16.5 Å². The van der Waals surface area contributed by atoms with Crippen LogP contribution in [0.2, 0.25) is 0 Å². The predicted molar refractivity (Wildman–Crippen MR) is 155 cm³/mol. The molecule has 42 heavy (non-hydrogen) atoms. The number of hydrogen-bond donors (Lipinski definition) is 0. The van der Waals surface area contributed by atoms with Gasteiger partial charge in [-0.15, -0.1) is 0 Å². The highest BCUT2D eigenvalue weighted by Gasteiger charge is 2.61. The Bertz CT molecular complexity index is 1740. The number of rotatable bonds is 7. The van der Waals surface area contributed by atoms with Crippen LogP contribution in [0.3, 0.4) is 0 Å². The van der Waals surface area contributed by atoms with E-state index in [1.807, 2.05) is 12.1 Å². The summed E-state index contributed by atoms with van der Waals surface area (Å²) < 4.78 is 10.6. The smallest absolute Gasteiger partial charge is 0.339 e. The summed E-state index contributed by atoms with van der Waals surface area (Å²) in [6.07, 6.45) is 3.06. The van der Waals surface area contributed by atoms with Crippen LogP contribution in [0, 0.1) is 23.7 Å². The molecule has 0 spiro atoms. The predicted octanol–water partition coefficient (Wildman–Crippen LogP) is 5.49. The number of carbonyl (C=O) groups excluding carboxylic acids is 4. The Hall–Kier alpha value is -4.85. The summed E-state index contributed by atoms with van der Waals surface area (Å²) in [7, 11) is 1.52. The van der Waals surface area contributed by atoms with Crippen LogP contribution in [0.15, 0.2) is 78.9 Å². The van der Waals surface area contributed by atoms with Gasteiger partial charge in [0.2, 0.25) is 11.8 Å². The Morgan fingerprint density at radius 2 is 1.60 bits per heavy atom. The minimum absolute atomic E-state index is 0.0812. The maximum Gasteiger partial charge on any atom is 0.339 e. The Labute approximate surface area is 242 Å². The lowest BCUT2D eigenvalue weighted by molar-refractivity contribution is -0.123. The topological polar surface area (TPSA) is 103 Å². The first kappa shape index (κ1) is 26.1. The van der Waals surface area contributed by atoms with E-state index < -0.39 is 12.6 Å². The third-order valence-electron chi connectivity index (χ3n) is 9.01. The second-order valence-electron chi connectivity index (χ2n) is 11.2. The SMILES string of the molecule is COc1cccc(C(=O)COC(=O)c2cc(-c3ccc(N4C(=O)[C@@H]5[C@@H]6CC[C@@H](C6)[C@@H]5C4=O)cc3)nc3ccccc23)c1. The fourth-order valence-corrected chi connectivity index (χ4v) is 7.03. The number of benzene rings is 3. The largest absolute Gasteiger partial charge is 0.497 e. The van der Waals surface area contributed by atoms with E-state index in [1.54, 1.807) is 66.7 Å². The van der Waals surface area contributed by atoms with Crippen LogP contribution in [0.5, 0.6) is 5.75 Å². The van der Waals surface area contributed by atoms with E-state index in [-0.39, 0.29) is 35.0 Å². The molecule has 2 amide bonds. The maximum atomic E-state index is 13.3. The number of imide groups is 1. The highest BCUT2D eigenvalue weighted by atomic mass is 16.5. The number of carbonyl (C=O) groups is 4. The van der Waals surface area contributed by atoms with Crippen molar-refractivity contribution in [2.24, 2.45) is 23.7 Å². The van der Waals surface area contributed by atoms with Gasteiger partial charge in [-0.05, 0) is 67.5 Å². The molecule has 8 heteroatoms. The molecule has 3 aliphatic rings. The zero-order chi connectivity index (χ0) is 29.0. The standard InChI is InChI=1S/C34H28N2O6/c1-41-24-6-4-5-20(16-24)29(37)18-42-34(40)26-17-28(35-27-8-3-2-7-25(26)27)19-11-13-23(14-12-19)36-32(38)30-21-9-10-22(15-21)31(30)33(36)39/h2-8,11-14,16-17,21-22,30-31H,9-10,15,18H2,1H3/t21-,22+,30-,31+. The van der Waals surface area contributed by atoms with Crippen molar-refractivity contribution < 1.29 is 28.7 Å². The summed E-state index contributed by atoms with van der Waals surface area (Å²) in [5, 5.41) is 0.603. The van der Waals surface area contributed by atoms with Gasteiger partial charge in [-0.2, -0.15) is 0 Å². The number of amides is 2. The summed E-state index contributed by atoms with van der Waals surface area (Å²) in [6, 6.07) is 22.7. The lowest BCUT2D eigenvalue weighted by atomic mass is 9.81. The number of nitrogens with zero attached hydrogens (tertiary/aromatic N) is 2. The van der Waals surface area contributed by atoms with E-state index >= 15 is 0 Å². The second-order valence-corrected chi connectivity index (χ2v) is 11.2. The lowest BCUT2D eigenvalue weighted by Crippen LogP contribution is -2.32. The zero-order valence-electron chi connectivity index (χ0n) is 23.0. The number of Topliss-reactive ketones (excluding diaryl/α,β-unsaturated/α-hetero) is 1. The molecule has 2 bridgehead atoms. The van der Waals surface area contributed by atoms with Gasteiger partial charge in [0.05, 0.1) is 41.4 Å². The summed E-state index contributed by atoms with van der Waals surface area (Å²) in [5.41, 5.74) is 3.06. The number of methoxy groups -OCH3 is 1. The molecule has 1 aromatic heterocycles. The first-order valence-corrected chi connectivity index (χ1v) is 14.2. The monoisotopic (exact) mass is 560 g/mol. The molecule has 2 heterocycles. The van der Waals surface area contributed by atoms with Gasteiger partial charge in [0.15, 0.2) is 12.4 Å². The summed E-state index contributed by atoms with van der Waals surface area (Å²) in [6.45, 7) is -0.422. The van der Waals surface area contributed by atoms with Crippen molar-refractivity contribution in [3.8, 4) is 17.0 Å². The molecule has 0 radical (unpaired) electrons. The van der Waals surface area contributed by atoms with Gasteiger partial charge < -0.3 is 9.47 Å². The van der Waals surface area contributed by atoms with Crippen molar-refractivity contribution in [1.29, 1.82) is 0 Å². The van der Waals surface area contributed by atoms with Gasteiger partial charge in [-0.1, -0.05) is 42.5 Å². The van der Waals surface area contributed by atoms with Crippen LogP contribution >= 0.6 is 0 Å². The van der Waals surface area contributed by atoms with Gasteiger partial charge in [-0.3, -0.25) is 19.3 Å². The second kappa shape index (κ2) is 10.2. The van der Waals surface area contributed by atoms with Crippen molar-refractivity contribution in [1.82, 2.24) is 4.98 Å². The van der Waals surface area contributed by atoms with Crippen LogP contribution in [-0.2, 0) is 14.3 Å². The van der Waals surface area contributed by atoms with Gasteiger partial charge >= 0.3 is 5.97 Å². The van der Waals surface area contributed by atoms with E-state index in [2.05, 4.69) is 0 Å². The molecule has 3 fully saturated rings. The van der Waals surface area contributed by atoms with Crippen molar-refractivity contribution in [3.05, 3.63) is 90.0 Å². The maximum absolute atomic E-state index is 13.3. The average Bonchev–Trinajstić information content (AvgIpc) is 3.72. The fourth-order valence-electron chi connectivity index (χ4n) is 7.03. The van der Waals surface area contributed by atoms with Crippen molar-refractivity contribution in [2.75, 3.05) is 18.6 Å². The highest BCUT2D eigenvalue weighted by molar-refractivity contribution is 6.22. The Morgan fingerprint density at radius 3 is 2.31 bits per heavy atom. The number of ether oxygens (including phenoxy) is 2. The fraction of sp³-hybridized carbons (Fsp3) is 0.265. The molecule has 4 aromatic rings. The highest BCUT2D eigenvalue weighted by Crippen LogP contribution is 2.56. The van der Waals surface area contributed by atoms with Gasteiger partial charge in [-0.25, -0.2) is 9.78 Å². The third-order valence-corrected chi connectivity index (χ3v) is 9.01. The Morgan fingerprint density at radius 1 is 0.881 bits per heavy atom. The molecule has 1 aliphatic heterocycles. The van der Waals surface area contributed by atoms with Crippen LogP contribution in [0.1, 0.15) is 40.0 Å². The third kappa shape index (κ3) is 4.26. The number of para-hydroxylation sites is 1. The summed E-state index contributed by atoms with van der Waals surface area (Å²) in [4.78, 5) is 58.6. The molecule has 4 atom stereocenters. The van der Waals surface area contributed by atoms with Crippen molar-refractivity contribution in [3.63, 3.8) is 0 Å². The molecule has 2 aliphatic carbocycles. The first-order valence-electron chi connectivity index (χ1n) is 14.2. The molecule has 0 N–H and O–H groups in total. The molecule has 7 rings (SSSR count). The number of anilines is 1. The first-order chi connectivity index (χ1) is 20.4. The molecule has 3 aromatic carbocycles. The minimum Gasteiger partial charge on any atom is -0.497 e. The normalized spacial score (nSPS) is 22.5. The number of fused-ring (bicyclic) bond motifs is 6. The molecule has 2 saturated carbocycles. The molecule has 8 nitrogen and oxygen atoms in total. The molecular weight excluding hydrogens is 532 g/mol. The van der Waals surface area contributed by atoms with Crippen LogP contribution in [-0.4, -0.2) is 42.3 Å². The molecule has 210 valence electrons. The van der Waals surface area contributed by atoms with E-state index in [9.17, 15) is 19.2 Å². The zero-order valence-corrected chi connectivity index (χ0v) is 23.0. The van der Waals surface area contributed by atoms with Crippen LogP contribution in [0.4, 0.5) is 5.69 Å². The van der Waals surface area contributed by atoms with Crippen molar-refractivity contribution in [2.45, 2.75) is 19.3 Å². The number of hydrogen-bond acceptors (Lipinski definition) is 7. The van der Waals surface area contributed by atoms with E-state index in [0.29, 0.717) is 51.0 Å². The van der Waals surface area contributed by atoms with Gasteiger partial charge in [0.1, 0.15) is 5.75 Å². The molecule has 1 saturated heterocycles. The lowest BCUT2D eigenvalue weighted by Gasteiger charge is -2.19. The molecule has 0 unspecified atom stereocenters. The number of ketones is 1. The van der Waals surface area contributed by atoms with E-state index in [4.69, 9.17) is 14.5 Å². The van der Waals surface area contributed by atoms with Crippen LogP contribution < -0.4 is 9.64 Å². The number of pyridine rings is 1. The minimum atomic E-state index is -0.642. The summed E-state index contributed by atoms with van der Waals surface area (Å²) >= 11 is 0. The number of aromatic nitrogens is 1. The van der Waals surface area contributed by atoms with Gasteiger partial charge in [0.25, 0.3) is 0 Å².